The van der Waals surface area contributed by atoms with Gasteiger partial charge in [-0.2, -0.15) is 5.10 Å². The van der Waals surface area contributed by atoms with Gasteiger partial charge in [-0.3, -0.25) is 4.99 Å². The number of rotatable bonds is 8. The number of halogens is 2. The van der Waals surface area contributed by atoms with Crippen LogP contribution >= 0.6 is 27.5 Å². The average Bonchev–Trinajstić information content (AvgIpc) is 2.93. The largest absolute Gasteiger partial charge is 0.340 e. The number of hydrazone groups is 1. The molecule has 2 aliphatic heterocycles. The second-order valence-electron chi connectivity index (χ2n) is 10.4. The van der Waals surface area contributed by atoms with Crippen LogP contribution in [-0.4, -0.2) is 55.9 Å². The zero-order valence-corrected chi connectivity index (χ0v) is 26.0. The predicted octanol–water partition coefficient (Wildman–Crippen LogP) is 6.68. The summed E-state index contributed by atoms with van der Waals surface area (Å²) in [5, 5.41) is 10.8. The molecule has 39 heavy (non-hydrogen) atoms. The van der Waals surface area contributed by atoms with E-state index in [1.165, 1.54) is 5.56 Å². The van der Waals surface area contributed by atoms with Gasteiger partial charge in [-0.05, 0) is 54.3 Å². The van der Waals surface area contributed by atoms with Crippen molar-refractivity contribution < 1.29 is 4.21 Å². The van der Waals surface area contributed by atoms with Gasteiger partial charge in [-0.15, -0.1) is 0 Å². The number of hydrogen-bond acceptors (Lipinski definition) is 4. The first-order valence-electron chi connectivity index (χ1n) is 13.2. The molecule has 0 bridgehead atoms. The number of nitrogens with zero attached hydrogens (tertiary/aromatic N) is 4. The quantitative estimate of drug-likeness (QED) is 0.201. The smallest absolute Gasteiger partial charge is 0.153 e. The van der Waals surface area contributed by atoms with Gasteiger partial charge >= 0.3 is 0 Å². The lowest BCUT2D eigenvalue weighted by Crippen LogP contribution is -2.41. The van der Waals surface area contributed by atoms with E-state index in [2.05, 4.69) is 71.7 Å². The Labute approximate surface area is 246 Å². The van der Waals surface area contributed by atoms with E-state index in [4.69, 9.17) is 16.6 Å². The number of piperidine rings is 1. The van der Waals surface area contributed by atoms with Crippen molar-refractivity contribution in [2.45, 2.75) is 56.4 Å². The lowest BCUT2D eigenvalue weighted by molar-refractivity contribution is 0.332. The molecule has 0 aliphatic carbocycles. The Morgan fingerprint density at radius 3 is 2.46 bits per heavy atom. The molecular formula is C30H37BrClN5OS. The summed E-state index contributed by atoms with van der Waals surface area (Å²) in [6, 6.07) is 15.9. The van der Waals surface area contributed by atoms with E-state index >= 15 is 0 Å². The van der Waals surface area contributed by atoms with Crippen molar-refractivity contribution in [1.29, 1.82) is 0 Å². The highest BCUT2D eigenvalue weighted by Gasteiger charge is 2.28. The van der Waals surface area contributed by atoms with E-state index in [1.807, 2.05) is 46.8 Å². The molecule has 1 unspecified atom stereocenters. The molecule has 2 heterocycles. The molecule has 1 saturated heterocycles. The monoisotopic (exact) mass is 629 g/mol. The van der Waals surface area contributed by atoms with Crippen LogP contribution < -0.4 is 5.32 Å². The third kappa shape index (κ3) is 6.68. The summed E-state index contributed by atoms with van der Waals surface area (Å²) in [6.45, 7) is 12.1. The van der Waals surface area contributed by atoms with Crippen molar-refractivity contribution in [3.63, 3.8) is 0 Å². The zero-order chi connectivity index (χ0) is 28.2. The maximum absolute atomic E-state index is 13.8. The van der Waals surface area contributed by atoms with E-state index in [-0.39, 0.29) is 11.5 Å². The van der Waals surface area contributed by atoms with Crippen LogP contribution in [0.15, 0.2) is 82.0 Å². The fourth-order valence-electron chi connectivity index (χ4n) is 4.66. The van der Waals surface area contributed by atoms with Gasteiger partial charge in [-0.25, -0.2) is 13.5 Å². The molecule has 4 rings (SSSR count). The second kappa shape index (κ2) is 12.4. The van der Waals surface area contributed by atoms with Crippen molar-refractivity contribution in [1.82, 2.24) is 14.6 Å². The van der Waals surface area contributed by atoms with Crippen molar-refractivity contribution in [3.05, 3.63) is 83.2 Å². The van der Waals surface area contributed by atoms with Crippen LogP contribution in [0.5, 0.6) is 0 Å². The van der Waals surface area contributed by atoms with Crippen LogP contribution in [0, 0.1) is 0 Å². The van der Waals surface area contributed by atoms with Crippen molar-refractivity contribution in [2.75, 3.05) is 18.4 Å². The maximum atomic E-state index is 13.8. The molecule has 0 aromatic heterocycles. The highest BCUT2D eigenvalue weighted by Crippen LogP contribution is 2.30. The summed E-state index contributed by atoms with van der Waals surface area (Å²) < 4.78 is 15.8. The van der Waals surface area contributed by atoms with Gasteiger partial charge in [0, 0.05) is 46.2 Å². The highest BCUT2D eigenvalue weighted by atomic mass is 79.9. The third-order valence-electron chi connectivity index (χ3n) is 7.50. The summed E-state index contributed by atoms with van der Waals surface area (Å²) in [7, 11) is -2.57. The molecule has 1 atom stereocenters. The number of nitrogens with one attached hydrogen (secondary N) is 1. The Morgan fingerprint density at radius 1 is 1.18 bits per heavy atom. The molecular weight excluding hydrogens is 594 g/mol. The number of hydrogen-bond donors (Lipinski definition) is 1. The molecule has 2 aliphatic rings. The van der Waals surface area contributed by atoms with E-state index in [0.717, 1.165) is 35.4 Å². The van der Waals surface area contributed by atoms with Crippen LogP contribution in [0.1, 0.15) is 51.2 Å². The van der Waals surface area contributed by atoms with Crippen LogP contribution in [0.3, 0.4) is 0 Å². The van der Waals surface area contributed by atoms with Gasteiger partial charge in [0.15, 0.2) is 5.84 Å². The molecule has 208 valence electrons. The van der Waals surface area contributed by atoms with E-state index in [1.54, 1.807) is 11.2 Å². The fraction of sp³-hybridized carbons (Fsp3) is 0.367. The topological polar surface area (TPSA) is 60.3 Å². The summed E-state index contributed by atoms with van der Waals surface area (Å²) in [5.41, 5.74) is 3.03. The van der Waals surface area contributed by atoms with E-state index in [9.17, 15) is 4.21 Å². The Hall–Kier alpha value is -2.39. The van der Waals surface area contributed by atoms with Crippen LogP contribution in [0.4, 0.5) is 0 Å². The molecule has 1 N–H and O–H groups in total. The Bertz CT molecular complexity index is 1390. The first kappa shape index (κ1) is 29.6. The number of alkyl halides is 1. The van der Waals surface area contributed by atoms with Crippen molar-refractivity contribution in [2.24, 2.45) is 10.1 Å². The molecule has 2 aromatic carbocycles. The molecule has 1 fully saturated rings. The Balaban J connectivity index is 1.53. The van der Waals surface area contributed by atoms with Gasteiger partial charge in [-0.1, -0.05) is 85.2 Å². The highest BCUT2D eigenvalue weighted by molar-refractivity contribution is 9.09. The van der Waals surface area contributed by atoms with E-state index < -0.39 is 9.71 Å². The predicted molar refractivity (Wildman–Crippen MR) is 171 cm³/mol. The van der Waals surface area contributed by atoms with Crippen LogP contribution in [-0.2, 0) is 15.1 Å². The lowest BCUT2D eigenvalue weighted by atomic mass is 9.82. The molecule has 0 saturated carbocycles. The van der Waals surface area contributed by atoms with Crippen LogP contribution in [0.25, 0.3) is 5.70 Å². The minimum atomic E-state index is -2.57. The number of aliphatic imine (C=N–C) groups is 1. The first-order chi connectivity index (χ1) is 18.6. The average molecular weight is 631 g/mol. The van der Waals surface area contributed by atoms with Crippen molar-refractivity contribution >= 4 is 60.9 Å². The molecule has 0 radical (unpaired) electrons. The van der Waals surface area contributed by atoms with Crippen LogP contribution in [0.2, 0.25) is 5.02 Å². The van der Waals surface area contributed by atoms with Gasteiger partial charge in [0.25, 0.3) is 0 Å². The maximum Gasteiger partial charge on any atom is 0.153 e. The lowest BCUT2D eigenvalue weighted by Gasteiger charge is -2.34. The minimum absolute atomic E-state index is 0.0514. The summed E-state index contributed by atoms with van der Waals surface area (Å²) >= 11 is 9.87. The number of benzene rings is 2. The van der Waals surface area contributed by atoms with Gasteiger partial charge in [0.05, 0.1) is 21.4 Å². The molecule has 2 aromatic rings. The Morgan fingerprint density at radius 2 is 1.85 bits per heavy atom. The third-order valence-corrected chi connectivity index (χ3v) is 10.3. The van der Waals surface area contributed by atoms with Gasteiger partial charge < -0.3 is 5.32 Å². The van der Waals surface area contributed by atoms with Crippen molar-refractivity contribution in [3.8, 4) is 0 Å². The molecule has 0 amide bonds. The van der Waals surface area contributed by atoms with Gasteiger partial charge in [0.2, 0.25) is 0 Å². The molecule has 6 nitrogen and oxygen atoms in total. The standard InChI is InChI=1S/C30H37BrClN5OS/c1-6-30(3,4)23-11-13-25(14-12-23)39(5,38)36-19-15-24(16-20-36)35-29-21-28(26-9-7-8-10-27(26)32)34-22(2)37(29)33-18-17-31/h7-14,18,21,24,34H,2,5-6,15-17,19-20H2,1,3-4H3/b33-18-,35-29?. The first-order valence-corrected chi connectivity index (χ1v) is 16.4. The second-order valence-corrected chi connectivity index (χ2v) is 13.7. The fourth-order valence-corrected chi connectivity index (χ4v) is 6.68. The Kier molecular flexibility index (Phi) is 9.42. The van der Waals surface area contributed by atoms with E-state index in [0.29, 0.717) is 35.1 Å². The van der Waals surface area contributed by atoms with Gasteiger partial charge in [0.1, 0.15) is 5.82 Å². The molecule has 0 spiro atoms. The minimum Gasteiger partial charge on any atom is -0.340 e. The summed E-state index contributed by atoms with van der Waals surface area (Å²) in [4.78, 5) is 5.85. The zero-order valence-electron chi connectivity index (χ0n) is 22.9. The number of amidine groups is 1. The summed E-state index contributed by atoms with van der Waals surface area (Å²) in [5.74, 6) is 5.45. The SMILES string of the molecule is C=C1NC(c2ccccc2Cl)=CC(=NC2CCN(S(=C)(=O)c3ccc(C(C)(C)CC)cc3)CC2)N1/N=C\CBr. The molecule has 9 heteroatoms. The normalized spacial score (nSPS) is 20.2. The summed E-state index contributed by atoms with van der Waals surface area (Å²) in [6.07, 6.45) is 6.28.